The Bertz CT molecular complexity index is 2150. The monoisotopic (exact) mass is 531 g/mol. The molecular formula is C35H21N3OS. The molecule has 0 aliphatic heterocycles. The van der Waals surface area contributed by atoms with Crippen molar-refractivity contribution >= 4 is 42.7 Å². The van der Waals surface area contributed by atoms with Gasteiger partial charge in [0.1, 0.15) is 10.3 Å². The minimum Gasteiger partial charge on any atom is -0.436 e. The van der Waals surface area contributed by atoms with Crippen molar-refractivity contribution in [2.75, 3.05) is 0 Å². The van der Waals surface area contributed by atoms with Crippen LogP contribution in [0.15, 0.2) is 132 Å². The van der Waals surface area contributed by atoms with Gasteiger partial charge >= 0.3 is 0 Å². The zero-order valence-electron chi connectivity index (χ0n) is 21.3. The number of benzene rings is 5. The van der Waals surface area contributed by atoms with Crippen molar-refractivity contribution < 1.29 is 4.42 Å². The van der Waals surface area contributed by atoms with E-state index in [-0.39, 0.29) is 0 Å². The van der Waals surface area contributed by atoms with Gasteiger partial charge < -0.3 is 4.42 Å². The van der Waals surface area contributed by atoms with Gasteiger partial charge in [0.25, 0.3) is 0 Å². The maximum atomic E-state index is 6.03. The number of rotatable bonds is 4. The fraction of sp³-hybridized carbons (Fsp3) is 0. The number of oxazole rings is 1. The fourth-order valence-corrected chi connectivity index (χ4v) is 6.30. The van der Waals surface area contributed by atoms with Crippen LogP contribution in [0, 0.1) is 0 Å². The zero-order chi connectivity index (χ0) is 26.5. The van der Waals surface area contributed by atoms with Gasteiger partial charge in [-0.2, -0.15) is 0 Å². The summed E-state index contributed by atoms with van der Waals surface area (Å²) in [5.74, 6) is 1.33. The van der Waals surface area contributed by atoms with Crippen LogP contribution in [-0.2, 0) is 0 Å². The lowest BCUT2D eigenvalue weighted by atomic mass is 10.0. The van der Waals surface area contributed by atoms with Gasteiger partial charge in [-0.1, -0.05) is 91.0 Å². The molecule has 3 aromatic heterocycles. The first-order valence-corrected chi connectivity index (χ1v) is 13.9. The second kappa shape index (κ2) is 9.26. The molecule has 5 heteroatoms. The Labute approximate surface area is 234 Å². The van der Waals surface area contributed by atoms with Crippen molar-refractivity contribution in [3.63, 3.8) is 0 Å². The summed E-state index contributed by atoms with van der Waals surface area (Å²) < 4.78 is 7.24. The highest BCUT2D eigenvalue weighted by molar-refractivity contribution is 7.25. The van der Waals surface area contributed by atoms with E-state index in [1.165, 1.54) is 10.1 Å². The minimum absolute atomic E-state index is 0.616. The Hall–Kier alpha value is -5.13. The molecular weight excluding hydrogens is 510 g/mol. The Kier molecular flexibility index (Phi) is 5.28. The van der Waals surface area contributed by atoms with Gasteiger partial charge in [-0.05, 0) is 47.5 Å². The molecule has 0 atom stereocenters. The van der Waals surface area contributed by atoms with E-state index in [1.54, 1.807) is 11.3 Å². The van der Waals surface area contributed by atoms with Gasteiger partial charge in [0.2, 0.25) is 5.89 Å². The second-order valence-corrected chi connectivity index (χ2v) is 10.7. The molecule has 0 saturated heterocycles. The van der Waals surface area contributed by atoms with E-state index < -0.39 is 0 Å². The predicted octanol–water partition coefficient (Wildman–Crippen LogP) is 9.65. The van der Waals surface area contributed by atoms with Crippen LogP contribution in [0.25, 0.3) is 76.6 Å². The van der Waals surface area contributed by atoms with E-state index in [1.807, 2.05) is 42.5 Å². The van der Waals surface area contributed by atoms with Crippen LogP contribution in [0.3, 0.4) is 0 Å². The number of hydrogen-bond donors (Lipinski definition) is 0. The van der Waals surface area contributed by atoms with Crippen LogP contribution in [0.5, 0.6) is 0 Å². The molecule has 188 valence electrons. The first-order chi connectivity index (χ1) is 19.8. The van der Waals surface area contributed by atoms with Crippen LogP contribution in [0.2, 0.25) is 0 Å². The molecule has 8 rings (SSSR count). The van der Waals surface area contributed by atoms with Crippen molar-refractivity contribution in [1.82, 2.24) is 15.0 Å². The normalized spacial score (nSPS) is 11.5. The van der Waals surface area contributed by atoms with Crippen molar-refractivity contribution in [2.24, 2.45) is 0 Å². The highest BCUT2D eigenvalue weighted by Crippen LogP contribution is 2.39. The summed E-state index contributed by atoms with van der Waals surface area (Å²) in [6, 6.07) is 43.4. The van der Waals surface area contributed by atoms with Crippen molar-refractivity contribution in [3.8, 4) is 45.2 Å². The Balaban J connectivity index is 1.26. The molecule has 40 heavy (non-hydrogen) atoms. The second-order valence-electron chi connectivity index (χ2n) is 9.69. The van der Waals surface area contributed by atoms with Crippen LogP contribution < -0.4 is 0 Å². The van der Waals surface area contributed by atoms with E-state index in [0.29, 0.717) is 5.89 Å². The number of para-hydroxylation sites is 2. The summed E-state index contributed by atoms with van der Waals surface area (Å²) in [7, 11) is 0. The Morgan fingerprint density at radius 1 is 0.525 bits per heavy atom. The highest BCUT2D eigenvalue weighted by atomic mass is 32.1. The molecule has 0 radical (unpaired) electrons. The van der Waals surface area contributed by atoms with Crippen LogP contribution in [0.1, 0.15) is 0 Å². The summed E-state index contributed by atoms with van der Waals surface area (Å²) in [6.07, 6.45) is 0. The van der Waals surface area contributed by atoms with Crippen LogP contribution in [-0.4, -0.2) is 15.0 Å². The molecule has 0 fully saturated rings. The van der Waals surface area contributed by atoms with E-state index in [9.17, 15) is 0 Å². The SMILES string of the molecule is c1ccc(-c2nc(-c3cccc(-c4cccc(-c5nc6ccccc6o5)c4)c3)nc3sc4ccccc4c23)cc1. The van der Waals surface area contributed by atoms with Gasteiger partial charge in [-0.25, -0.2) is 15.0 Å². The predicted molar refractivity (Wildman–Crippen MR) is 164 cm³/mol. The van der Waals surface area contributed by atoms with Gasteiger partial charge in [0.15, 0.2) is 11.4 Å². The summed E-state index contributed by atoms with van der Waals surface area (Å²) >= 11 is 1.71. The number of aromatic nitrogens is 3. The highest BCUT2D eigenvalue weighted by Gasteiger charge is 2.17. The molecule has 8 aromatic rings. The molecule has 5 aromatic carbocycles. The van der Waals surface area contributed by atoms with Crippen molar-refractivity contribution in [2.45, 2.75) is 0 Å². The molecule has 0 N–H and O–H groups in total. The summed E-state index contributed by atoms with van der Waals surface area (Å²) in [4.78, 5) is 15.9. The topological polar surface area (TPSA) is 51.8 Å². The van der Waals surface area contributed by atoms with Crippen LogP contribution >= 0.6 is 11.3 Å². The minimum atomic E-state index is 0.616. The lowest BCUT2D eigenvalue weighted by Crippen LogP contribution is -1.94. The number of fused-ring (bicyclic) bond motifs is 4. The third-order valence-corrected chi connectivity index (χ3v) is 8.21. The molecule has 0 bridgehead atoms. The average Bonchev–Trinajstić information content (AvgIpc) is 3.63. The molecule has 0 spiro atoms. The van der Waals surface area contributed by atoms with Crippen molar-refractivity contribution in [3.05, 3.63) is 127 Å². The van der Waals surface area contributed by atoms with Gasteiger partial charge in [0, 0.05) is 32.2 Å². The number of nitrogens with zero attached hydrogens (tertiary/aromatic N) is 3. The molecule has 3 heterocycles. The lowest BCUT2D eigenvalue weighted by molar-refractivity contribution is 0.620. The van der Waals surface area contributed by atoms with E-state index in [4.69, 9.17) is 14.4 Å². The van der Waals surface area contributed by atoms with E-state index in [0.717, 1.165) is 60.7 Å². The summed E-state index contributed by atoms with van der Waals surface area (Å²) in [5.41, 5.74) is 7.75. The lowest BCUT2D eigenvalue weighted by Gasteiger charge is -2.09. The first kappa shape index (κ1) is 22.8. The van der Waals surface area contributed by atoms with E-state index in [2.05, 4.69) is 89.9 Å². The van der Waals surface area contributed by atoms with E-state index >= 15 is 0 Å². The molecule has 0 amide bonds. The largest absolute Gasteiger partial charge is 0.436 e. The van der Waals surface area contributed by atoms with Gasteiger partial charge in [0.05, 0.1) is 5.69 Å². The summed E-state index contributed by atoms with van der Waals surface area (Å²) in [5, 5.41) is 2.30. The van der Waals surface area contributed by atoms with Crippen molar-refractivity contribution in [1.29, 1.82) is 0 Å². The summed E-state index contributed by atoms with van der Waals surface area (Å²) in [6.45, 7) is 0. The molecule has 0 aliphatic carbocycles. The maximum absolute atomic E-state index is 6.03. The fourth-order valence-electron chi connectivity index (χ4n) is 5.22. The Morgan fingerprint density at radius 3 is 2.05 bits per heavy atom. The number of thiophene rings is 1. The molecule has 0 saturated carbocycles. The molecule has 0 unspecified atom stereocenters. The first-order valence-electron chi connectivity index (χ1n) is 13.1. The average molecular weight is 532 g/mol. The third kappa shape index (κ3) is 3.87. The Morgan fingerprint density at radius 2 is 1.20 bits per heavy atom. The zero-order valence-corrected chi connectivity index (χ0v) is 22.1. The quantitative estimate of drug-likeness (QED) is 0.227. The molecule has 4 nitrogen and oxygen atoms in total. The van der Waals surface area contributed by atoms with Gasteiger partial charge in [-0.3, -0.25) is 0 Å². The smallest absolute Gasteiger partial charge is 0.227 e. The number of hydrogen-bond acceptors (Lipinski definition) is 5. The molecule has 0 aliphatic rings. The van der Waals surface area contributed by atoms with Crippen LogP contribution in [0.4, 0.5) is 0 Å². The third-order valence-electron chi connectivity index (χ3n) is 7.14. The maximum Gasteiger partial charge on any atom is 0.227 e. The van der Waals surface area contributed by atoms with Gasteiger partial charge in [-0.15, -0.1) is 11.3 Å². The standard InChI is InChI=1S/C35H21N3OS/c1-2-10-22(11-3-1)32-31-27-16-4-7-19-30(27)40-35(31)38-33(37-32)25-14-8-12-23(20-25)24-13-9-15-26(21-24)34-36-28-17-5-6-18-29(28)39-34/h1-21H.